The second-order valence-corrected chi connectivity index (χ2v) is 4.76. The zero-order valence-electron chi connectivity index (χ0n) is 9.88. The van der Waals surface area contributed by atoms with Gasteiger partial charge in [-0.25, -0.2) is 0 Å². The van der Waals surface area contributed by atoms with Gasteiger partial charge in [0.2, 0.25) is 5.91 Å². The zero-order chi connectivity index (χ0) is 13.6. The van der Waals surface area contributed by atoms with Gasteiger partial charge < -0.3 is 10.6 Å². The molecule has 102 valence electrons. The van der Waals surface area contributed by atoms with Gasteiger partial charge in [-0.1, -0.05) is 6.92 Å². The van der Waals surface area contributed by atoms with Crippen LogP contribution in [0.25, 0.3) is 0 Å². The first kappa shape index (κ1) is 15.0. The predicted octanol–water partition coefficient (Wildman–Crippen LogP) is 2.12. The molecular weight excluding hydrogens is 265 g/mol. The van der Waals surface area contributed by atoms with Gasteiger partial charge in [0.15, 0.2) is 0 Å². The van der Waals surface area contributed by atoms with Crippen molar-refractivity contribution in [3.05, 3.63) is 22.4 Å². The van der Waals surface area contributed by atoms with Crippen molar-refractivity contribution in [3.63, 3.8) is 0 Å². The molecule has 1 unspecified atom stereocenters. The number of carbonyl (C=O) groups excluding carboxylic acids is 1. The van der Waals surface area contributed by atoms with E-state index >= 15 is 0 Å². The summed E-state index contributed by atoms with van der Waals surface area (Å²) in [6, 6.07) is 1.96. The molecule has 0 aliphatic rings. The van der Waals surface area contributed by atoms with Gasteiger partial charge in [-0.15, -0.1) is 0 Å². The Labute approximate surface area is 107 Å². The van der Waals surface area contributed by atoms with Crippen molar-refractivity contribution in [2.45, 2.75) is 19.0 Å². The summed E-state index contributed by atoms with van der Waals surface area (Å²) in [6.07, 6.45) is -4.29. The van der Waals surface area contributed by atoms with E-state index in [1.807, 2.05) is 29.1 Å². The summed E-state index contributed by atoms with van der Waals surface area (Å²) in [6.45, 7) is 0.894. The fourth-order valence-electron chi connectivity index (χ4n) is 1.32. The standard InChI is InChI=1S/C11H15F3N2OS/c1-8(9-2-3-18-6-9)4-16-10(17)5-15-7-11(12,13)14/h2-3,6,8,15H,4-5,7H2,1H3,(H,16,17). The molecule has 0 radical (unpaired) electrons. The van der Waals surface area contributed by atoms with Gasteiger partial charge in [-0.2, -0.15) is 24.5 Å². The van der Waals surface area contributed by atoms with Crippen molar-refractivity contribution in [3.8, 4) is 0 Å². The summed E-state index contributed by atoms with van der Waals surface area (Å²) in [5, 5.41) is 8.57. The van der Waals surface area contributed by atoms with Crippen LogP contribution in [0, 0.1) is 0 Å². The van der Waals surface area contributed by atoms with E-state index in [0.29, 0.717) is 6.54 Å². The second kappa shape index (κ2) is 6.75. The van der Waals surface area contributed by atoms with Crippen LogP contribution in [0.5, 0.6) is 0 Å². The molecule has 1 rings (SSSR count). The molecular formula is C11H15F3N2OS. The molecule has 7 heteroatoms. The van der Waals surface area contributed by atoms with E-state index in [9.17, 15) is 18.0 Å². The minimum atomic E-state index is -4.29. The van der Waals surface area contributed by atoms with Gasteiger partial charge in [0.25, 0.3) is 0 Å². The Balaban J connectivity index is 2.17. The topological polar surface area (TPSA) is 41.1 Å². The Hall–Kier alpha value is -1.08. The number of halogens is 3. The lowest BCUT2D eigenvalue weighted by molar-refractivity contribution is -0.128. The number of carbonyl (C=O) groups is 1. The first-order valence-corrected chi connectivity index (χ1v) is 6.39. The van der Waals surface area contributed by atoms with Crippen molar-refractivity contribution in [2.24, 2.45) is 0 Å². The number of nitrogens with one attached hydrogen (secondary N) is 2. The minimum absolute atomic E-state index is 0.155. The highest BCUT2D eigenvalue weighted by Gasteiger charge is 2.26. The fraction of sp³-hybridized carbons (Fsp3) is 0.545. The number of alkyl halides is 3. The molecule has 1 aromatic heterocycles. The Morgan fingerprint density at radius 3 is 2.78 bits per heavy atom. The summed E-state index contributed by atoms with van der Waals surface area (Å²) < 4.78 is 35.4. The summed E-state index contributed by atoms with van der Waals surface area (Å²) >= 11 is 1.57. The van der Waals surface area contributed by atoms with Gasteiger partial charge in [0, 0.05) is 6.54 Å². The number of rotatable bonds is 6. The van der Waals surface area contributed by atoms with E-state index in [1.54, 1.807) is 11.3 Å². The molecule has 0 bridgehead atoms. The van der Waals surface area contributed by atoms with E-state index in [1.165, 1.54) is 0 Å². The van der Waals surface area contributed by atoms with Crippen molar-refractivity contribution in [1.29, 1.82) is 0 Å². The molecule has 1 amide bonds. The molecule has 0 aliphatic carbocycles. The van der Waals surface area contributed by atoms with Gasteiger partial charge in [-0.3, -0.25) is 4.79 Å². The van der Waals surface area contributed by atoms with E-state index in [0.717, 1.165) is 5.56 Å². The molecule has 18 heavy (non-hydrogen) atoms. The van der Waals surface area contributed by atoms with E-state index in [-0.39, 0.29) is 12.5 Å². The van der Waals surface area contributed by atoms with Crippen molar-refractivity contribution < 1.29 is 18.0 Å². The quantitative estimate of drug-likeness (QED) is 0.838. The molecule has 0 aromatic carbocycles. The molecule has 0 saturated heterocycles. The number of hydrogen-bond acceptors (Lipinski definition) is 3. The molecule has 3 nitrogen and oxygen atoms in total. The Kier molecular flexibility index (Phi) is 5.61. The first-order valence-electron chi connectivity index (χ1n) is 5.45. The van der Waals surface area contributed by atoms with Crippen LogP contribution in [-0.2, 0) is 4.79 Å². The highest BCUT2D eigenvalue weighted by molar-refractivity contribution is 7.07. The molecule has 1 atom stereocenters. The van der Waals surface area contributed by atoms with Gasteiger partial charge in [0.1, 0.15) is 0 Å². The average molecular weight is 280 g/mol. The molecule has 0 spiro atoms. The van der Waals surface area contributed by atoms with Crippen LogP contribution in [0.4, 0.5) is 13.2 Å². The number of thiophene rings is 1. The number of amides is 1. The maximum Gasteiger partial charge on any atom is 0.401 e. The molecule has 1 aromatic rings. The summed E-state index contributed by atoms with van der Waals surface area (Å²) in [4.78, 5) is 11.3. The molecule has 0 fully saturated rings. The predicted molar refractivity (Wildman–Crippen MR) is 64.7 cm³/mol. The van der Waals surface area contributed by atoms with E-state index in [2.05, 4.69) is 5.32 Å². The van der Waals surface area contributed by atoms with Crippen LogP contribution in [0.15, 0.2) is 16.8 Å². The largest absolute Gasteiger partial charge is 0.401 e. The van der Waals surface area contributed by atoms with Crippen molar-refractivity contribution >= 4 is 17.2 Å². The zero-order valence-corrected chi connectivity index (χ0v) is 10.7. The van der Waals surface area contributed by atoms with Gasteiger partial charge >= 0.3 is 6.18 Å². The molecule has 0 aliphatic heterocycles. The third-order valence-electron chi connectivity index (χ3n) is 2.33. The monoisotopic (exact) mass is 280 g/mol. The molecule has 0 saturated carbocycles. The lowest BCUT2D eigenvalue weighted by Gasteiger charge is -2.12. The van der Waals surface area contributed by atoms with E-state index in [4.69, 9.17) is 0 Å². The highest BCUT2D eigenvalue weighted by atomic mass is 32.1. The molecule has 1 heterocycles. The van der Waals surface area contributed by atoms with Crippen LogP contribution < -0.4 is 10.6 Å². The fourth-order valence-corrected chi connectivity index (χ4v) is 2.10. The Morgan fingerprint density at radius 1 is 1.50 bits per heavy atom. The van der Waals surface area contributed by atoms with Gasteiger partial charge in [-0.05, 0) is 28.3 Å². The SMILES string of the molecule is CC(CNC(=O)CNCC(F)(F)F)c1ccsc1. The van der Waals surface area contributed by atoms with Gasteiger partial charge in [0.05, 0.1) is 13.1 Å². The summed E-state index contributed by atoms with van der Waals surface area (Å²) in [7, 11) is 0. The van der Waals surface area contributed by atoms with Crippen LogP contribution in [0.3, 0.4) is 0 Å². The molecule has 2 N–H and O–H groups in total. The Morgan fingerprint density at radius 2 is 2.22 bits per heavy atom. The average Bonchev–Trinajstić information content (AvgIpc) is 2.77. The van der Waals surface area contributed by atoms with Crippen LogP contribution >= 0.6 is 11.3 Å². The third kappa shape index (κ3) is 6.02. The second-order valence-electron chi connectivity index (χ2n) is 3.98. The normalized spacial score (nSPS) is 13.3. The Bertz CT molecular complexity index is 365. The lowest BCUT2D eigenvalue weighted by atomic mass is 10.1. The van der Waals surface area contributed by atoms with Crippen LogP contribution in [0.1, 0.15) is 18.4 Å². The summed E-state index contributed by atoms with van der Waals surface area (Å²) in [5.74, 6) is -0.274. The maximum atomic E-state index is 11.8. The smallest absolute Gasteiger partial charge is 0.354 e. The first-order chi connectivity index (χ1) is 8.38. The van der Waals surface area contributed by atoms with Crippen LogP contribution in [0.2, 0.25) is 0 Å². The van der Waals surface area contributed by atoms with Crippen molar-refractivity contribution in [1.82, 2.24) is 10.6 Å². The van der Waals surface area contributed by atoms with Crippen LogP contribution in [-0.4, -0.2) is 31.7 Å². The highest BCUT2D eigenvalue weighted by Crippen LogP contribution is 2.17. The van der Waals surface area contributed by atoms with Crippen molar-refractivity contribution in [2.75, 3.05) is 19.6 Å². The summed E-state index contributed by atoms with van der Waals surface area (Å²) in [5.41, 5.74) is 1.11. The maximum absolute atomic E-state index is 11.8. The third-order valence-corrected chi connectivity index (χ3v) is 3.03. The minimum Gasteiger partial charge on any atom is -0.354 e. The lowest BCUT2D eigenvalue weighted by Crippen LogP contribution is -2.39. The van der Waals surface area contributed by atoms with E-state index < -0.39 is 18.6 Å². The number of hydrogen-bond donors (Lipinski definition) is 2.